The highest BCUT2D eigenvalue weighted by Gasteiger charge is 2.17. The molecular weight excluding hydrogens is 318 g/mol. The van der Waals surface area contributed by atoms with Crippen LogP contribution >= 0.6 is 0 Å². The largest absolute Gasteiger partial charge is 0.496 e. The Morgan fingerprint density at radius 2 is 2.04 bits per heavy atom. The number of hydrogen-bond donors (Lipinski definition) is 2. The smallest absolute Gasteiger partial charge is 0.254 e. The molecular formula is C18H17N5O2. The monoisotopic (exact) mass is 335 g/mol. The fourth-order valence-electron chi connectivity index (χ4n) is 3.02. The molecule has 2 N–H and O–H groups in total. The van der Waals surface area contributed by atoms with E-state index in [0.717, 1.165) is 27.4 Å². The number of nitrogens with one attached hydrogen (secondary N) is 2. The Morgan fingerprint density at radius 3 is 2.88 bits per heavy atom. The Kier molecular flexibility index (Phi) is 3.61. The van der Waals surface area contributed by atoms with Gasteiger partial charge in [-0.1, -0.05) is 18.2 Å². The second-order valence-electron chi connectivity index (χ2n) is 5.92. The average Bonchev–Trinajstić information content (AvgIpc) is 3.29. The Morgan fingerprint density at radius 1 is 1.20 bits per heavy atom. The van der Waals surface area contributed by atoms with Crippen LogP contribution in [0.15, 0.2) is 42.7 Å². The SMILES string of the molecule is COc1cc(C(=O)N(C)Cc2cccc3cn[nH]c23)cc2[nH]ncc12. The van der Waals surface area contributed by atoms with E-state index in [2.05, 4.69) is 20.4 Å². The van der Waals surface area contributed by atoms with Gasteiger partial charge in [-0.05, 0) is 17.7 Å². The lowest BCUT2D eigenvalue weighted by Gasteiger charge is -2.18. The first kappa shape index (κ1) is 15.2. The molecule has 7 heteroatoms. The second kappa shape index (κ2) is 5.94. The second-order valence-corrected chi connectivity index (χ2v) is 5.92. The van der Waals surface area contributed by atoms with Crippen molar-refractivity contribution in [2.24, 2.45) is 0 Å². The first-order chi connectivity index (χ1) is 12.2. The number of hydrogen-bond acceptors (Lipinski definition) is 4. The third kappa shape index (κ3) is 2.59. The van der Waals surface area contributed by atoms with E-state index in [9.17, 15) is 4.79 Å². The zero-order chi connectivity index (χ0) is 17.4. The summed E-state index contributed by atoms with van der Waals surface area (Å²) in [5.41, 5.74) is 3.28. The Balaban J connectivity index is 1.65. The van der Waals surface area contributed by atoms with Gasteiger partial charge in [0.05, 0.1) is 35.9 Å². The molecule has 1 amide bonds. The van der Waals surface area contributed by atoms with E-state index in [-0.39, 0.29) is 5.91 Å². The van der Waals surface area contributed by atoms with Crippen molar-refractivity contribution in [3.8, 4) is 5.75 Å². The van der Waals surface area contributed by atoms with Gasteiger partial charge in [-0.25, -0.2) is 0 Å². The Hall–Kier alpha value is -3.35. The topological polar surface area (TPSA) is 86.9 Å². The zero-order valence-electron chi connectivity index (χ0n) is 13.9. The van der Waals surface area contributed by atoms with E-state index in [0.29, 0.717) is 17.9 Å². The zero-order valence-corrected chi connectivity index (χ0v) is 13.9. The van der Waals surface area contributed by atoms with Crippen LogP contribution in [0, 0.1) is 0 Å². The predicted octanol–water partition coefficient (Wildman–Crippen LogP) is 2.72. The molecule has 0 aliphatic heterocycles. The molecule has 0 fully saturated rings. The van der Waals surface area contributed by atoms with Crippen molar-refractivity contribution in [3.05, 3.63) is 53.9 Å². The summed E-state index contributed by atoms with van der Waals surface area (Å²) < 4.78 is 5.38. The summed E-state index contributed by atoms with van der Waals surface area (Å²) in [5, 5.41) is 15.8. The Bertz CT molecular complexity index is 1070. The van der Waals surface area contributed by atoms with Crippen molar-refractivity contribution in [2.75, 3.05) is 14.2 Å². The molecule has 4 rings (SSSR count). The standard InChI is InChI=1S/C18H17N5O2/c1-23(10-12-5-3-4-11-8-19-22-17(11)12)18(24)13-6-15-14(9-20-21-15)16(7-13)25-2/h3-9H,10H2,1-2H3,(H,19,22)(H,20,21). The van der Waals surface area contributed by atoms with Crippen LogP contribution in [0.5, 0.6) is 5.75 Å². The highest BCUT2D eigenvalue weighted by molar-refractivity contribution is 5.99. The van der Waals surface area contributed by atoms with Gasteiger partial charge in [0.25, 0.3) is 5.91 Å². The number of carbonyl (C=O) groups excluding carboxylic acids is 1. The van der Waals surface area contributed by atoms with Gasteiger partial charge in [0, 0.05) is 24.5 Å². The van der Waals surface area contributed by atoms with Crippen LogP contribution in [0.4, 0.5) is 0 Å². The number of amides is 1. The maximum atomic E-state index is 12.9. The predicted molar refractivity (Wildman–Crippen MR) is 94.5 cm³/mol. The molecule has 0 saturated heterocycles. The van der Waals surface area contributed by atoms with Crippen molar-refractivity contribution in [3.63, 3.8) is 0 Å². The molecule has 0 bridgehead atoms. The minimum atomic E-state index is -0.0914. The van der Waals surface area contributed by atoms with E-state index in [4.69, 9.17) is 4.74 Å². The number of benzene rings is 2. The van der Waals surface area contributed by atoms with Gasteiger partial charge < -0.3 is 9.64 Å². The third-order valence-electron chi connectivity index (χ3n) is 4.30. The summed E-state index contributed by atoms with van der Waals surface area (Å²) in [4.78, 5) is 14.5. The van der Waals surface area contributed by atoms with E-state index < -0.39 is 0 Å². The first-order valence-electron chi connectivity index (χ1n) is 7.85. The van der Waals surface area contributed by atoms with Crippen molar-refractivity contribution >= 4 is 27.7 Å². The summed E-state index contributed by atoms with van der Waals surface area (Å²) in [7, 11) is 3.36. The molecule has 4 aromatic rings. The number of fused-ring (bicyclic) bond motifs is 2. The lowest BCUT2D eigenvalue weighted by Crippen LogP contribution is -2.26. The van der Waals surface area contributed by atoms with E-state index in [1.54, 1.807) is 43.6 Å². The van der Waals surface area contributed by atoms with Crippen molar-refractivity contribution in [1.82, 2.24) is 25.3 Å². The molecule has 0 aliphatic rings. The van der Waals surface area contributed by atoms with Crippen LogP contribution in [0.25, 0.3) is 21.8 Å². The van der Waals surface area contributed by atoms with E-state index in [1.165, 1.54) is 0 Å². The van der Waals surface area contributed by atoms with Gasteiger partial charge in [0.2, 0.25) is 0 Å². The average molecular weight is 335 g/mol. The van der Waals surface area contributed by atoms with Gasteiger partial charge in [-0.2, -0.15) is 10.2 Å². The summed E-state index contributed by atoms with van der Waals surface area (Å²) >= 11 is 0. The maximum absolute atomic E-state index is 12.9. The number of rotatable bonds is 4. The van der Waals surface area contributed by atoms with E-state index >= 15 is 0 Å². The van der Waals surface area contributed by atoms with E-state index in [1.807, 2.05) is 18.2 Å². The highest BCUT2D eigenvalue weighted by atomic mass is 16.5. The molecule has 0 atom stereocenters. The highest BCUT2D eigenvalue weighted by Crippen LogP contribution is 2.27. The number of H-pyrrole nitrogens is 2. The normalized spacial score (nSPS) is 11.1. The van der Waals surface area contributed by atoms with Crippen molar-refractivity contribution in [1.29, 1.82) is 0 Å². The molecule has 7 nitrogen and oxygen atoms in total. The summed E-state index contributed by atoms with van der Waals surface area (Å²) in [5.74, 6) is 0.532. The number of nitrogens with zero attached hydrogens (tertiary/aromatic N) is 3. The molecule has 2 aromatic carbocycles. The molecule has 2 aromatic heterocycles. The van der Waals surface area contributed by atoms with Crippen LogP contribution < -0.4 is 4.74 Å². The van der Waals surface area contributed by atoms with Gasteiger partial charge >= 0.3 is 0 Å². The molecule has 0 aliphatic carbocycles. The Labute approximate surface area is 143 Å². The maximum Gasteiger partial charge on any atom is 0.254 e. The number of methoxy groups -OCH3 is 1. The van der Waals surface area contributed by atoms with Gasteiger partial charge in [0.15, 0.2) is 0 Å². The first-order valence-corrected chi connectivity index (χ1v) is 7.85. The van der Waals surface area contributed by atoms with Crippen LogP contribution in [0.1, 0.15) is 15.9 Å². The van der Waals surface area contributed by atoms with Gasteiger partial charge in [0.1, 0.15) is 5.75 Å². The minimum Gasteiger partial charge on any atom is -0.496 e. The summed E-state index contributed by atoms with van der Waals surface area (Å²) in [6.45, 7) is 0.474. The minimum absolute atomic E-state index is 0.0914. The lowest BCUT2D eigenvalue weighted by molar-refractivity contribution is 0.0785. The summed E-state index contributed by atoms with van der Waals surface area (Å²) in [6, 6.07) is 9.48. The van der Waals surface area contributed by atoms with Crippen LogP contribution in [-0.2, 0) is 6.54 Å². The van der Waals surface area contributed by atoms with Crippen molar-refractivity contribution < 1.29 is 9.53 Å². The summed E-state index contributed by atoms with van der Waals surface area (Å²) in [6.07, 6.45) is 3.46. The molecule has 126 valence electrons. The lowest BCUT2D eigenvalue weighted by atomic mass is 10.1. The molecule has 25 heavy (non-hydrogen) atoms. The molecule has 0 unspecified atom stereocenters. The third-order valence-corrected chi connectivity index (χ3v) is 4.30. The van der Waals surface area contributed by atoms with Crippen LogP contribution in [-0.4, -0.2) is 45.4 Å². The fourth-order valence-corrected chi connectivity index (χ4v) is 3.02. The van der Waals surface area contributed by atoms with Crippen LogP contribution in [0.2, 0.25) is 0 Å². The molecule has 0 spiro atoms. The number of carbonyl (C=O) groups is 1. The number of aromatic nitrogens is 4. The quantitative estimate of drug-likeness (QED) is 0.600. The number of para-hydroxylation sites is 1. The number of ether oxygens (including phenoxy) is 1. The molecule has 2 heterocycles. The van der Waals surface area contributed by atoms with Crippen molar-refractivity contribution in [2.45, 2.75) is 6.54 Å². The van der Waals surface area contributed by atoms with Gasteiger partial charge in [-0.15, -0.1) is 0 Å². The fraction of sp³-hybridized carbons (Fsp3) is 0.167. The molecule has 0 saturated carbocycles. The van der Waals surface area contributed by atoms with Crippen LogP contribution in [0.3, 0.4) is 0 Å². The molecule has 0 radical (unpaired) electrons. The van der Waals surface area contributed by atoms with Gasteiger partial charge in [-0.3, -0.25) is 15.0 Å². The number of aromatic amines is 2.